The smallest absolute Gasteiger partial charge is 1.00 e. The molecule has 1 aromatic carbocycles. The molecule has 0 spiro atoms. The van der Waals surface area contributed by atoms with Gasteiger partial charge in [0.05, 0.1) is 5.52 Å². The second-order valence-electron chi connectivity index (χ2n) is 2.20. The fourth-order valence-electron chi connectivity index (χ4n) is 1.02. The van der Waals surface area contributed by atoms with E-state index in [2.05, 4.69) is 17.1 Å². The Labute approximate surface area is 115 Å². The Balaban J connectivity index is 0. The summed E-state index contributed by atoms with van der Waals surface area (Å²) >= 11 is 0. The molecule has 64 valence electrons. The second kappa shape index (κ2) is 7.73. The predicted molar refractivity (Wildman–Crippen MR) is 47.5 cm³/mol. The van der Waals surface area contributed by atoms with Crippen LogP contribution in [0, 0.1) is 0 Å². The molecule has 2 aromatic rings. The van der Waals surface area contributed by atoms with E-state index in [4.69, 9.17) is 0 Å². The number of benzene rings is 1. The van der Waals surface area contributed by atoms with Gasteiger partial charge in [0.2, 0.25) is 0 Å². The van der Waals surface area contributed by atoms with Crippen molar-refractivity contribution in [2.75, 3.05) is 0 Å². The maximum absolute atomic E-state index is 4.18. The third-order valence-electron chi connectivity index (χ3n) is 1.51. The minimum absolute atomic E-state index is 0. The maximum Gasteiger partial charge on any atom is 2.00 e. The topological polar surface area (TPSA) is 12.9 Å². The third-order valence-corrected chi connectivity index (χ3v) is 1.51. The summed E-state index contributed by atoms with van der Waals surface area (Å²) < 4.78 is 0. The minimum Gasteiger partial charge on any atom is -1.00 e. The molecule has 0 N–H and O–H groups in total. The molecule has 0 atom stereocenters. The van der Waals surface area contributed by atoms with Gasteiger partial charge in [-0.25, -0.2) is 0 Å². The summed E-state index contributed by atoms with van der Waals surface area (Å²) in [6.07, 6.45) is 1.81. The molecule has 1 heterocycles. The van der Waals surface area contributed by atoms with Crippen LogP contribution in [0.15, 0.2) is 42.6 Å². The Kier molecular flexibility index (Phi) is 9.40. The van der Waals surface area contributed by atoms with Crippen molar-refractivity contribution in [1.29, 1.82) is 0 Å². The molecule has 0 saturated carbocycles. The van der Waals surface area contributed by atoms with Crippen molar-refractivity contribution in [2.45, 2.75) is 0 Å². The van der Waals surface area contributed by atoms with Gasteiger partial charge in [0.15, 0.2) is 0 Å². The Morgan fingerprint density at radius 3 is 2.15 bits per heavy atom. The van der Waals surface area contributed by atoms with Crippen LogP contribution in [0.5, 0.6) is 0 Å². The quantitative estimate of drug-likeness (QED) is 0.450. The summed E-state index contributed by atoms with van der Waals surface area (Å²) in [7, 11) is 0. The molecule has 0 saturated heterocycles. The van der Waals surface area contributed by atoms with Crippen LogP contribution in [0.2, 0.25) is 0 Å². The summed E-state index contributed by atoms with van der Waals surface area (Å²) in [4.78, 5) is 4.18. The van der Waals surface area contributed by atoms with E-state index >= 15 is 0 Å². The number of rotatable bonds is 0. The van der Waals surface area contributed by atoms with Crippen molar-refractivity contribution in [1.82, 2.24) is 4.98 Å². The Bertz CT molecular complexity index is 289. The van der Waals surface area contributed by atoms with Gasteiger partial charge in [0.25, 0.3) is 0 Å². The molecular formula is C9H7Br2MgN. The van der Waals surface area contributed by atoms with Crippen LogP contribution in [0.4, 0.5) is 0 Å². The molecule has 0 fully saturated rings. The van der Waals surface area contributed by atoms with Crippen molar-refractivity contribution in [2.24, 2.45) is 0 Å². The zero-order valence-electron chi connectivity index (χ0n) is 6.95. The van der Waals surface area contributed by atoms with E-state index in [1.54, 1.807) is 0 Å². The molecule has 0 unspecified atom stereocenters. The standard InChI is InChI=1S/C9H7N.2BrH.Mg/c1-2-6-9-8(4-1)5-3-7-10-9;;;/h1-7H;2*1H;/q;;;+2/p-2. The number of para-hydroxylation sites is 1. The van der Waals surface area contributed by atoms with Crippen LogP contribution in [-0.2, 0) is 0 Å². The second-order valence-corrected chi connectivity index (χ2v) is 2.20. The van der Waals surface area contributed by atoms with E-state index in [9.17, 15) is 0 Å². The number of nitrogens with zero attached hydrogens (tertiary/aromatic N) is 1. The fourth-order valence-corrected chi connectivity index (χ4v) is 1.02. The monoisotopic (exact) mass is 311 g/mol. The molecule has 0 aliphatic rings. The molecule has 0 aliphatic heterocycles. The van der Waals surface area contributed by atoms with Gasteiger partial charge in [0, 0.05) is 11.6 Å². The van der Waals surface area contributed by atoms with Gasteiger partial charge < -0.3 is 34.0 Å². The average molecular weight is 313 g/mol. The summed E-state index contributed by atoms with van der Waals surface area (Å²) in [5.41, 5.74) is 1.06. The number of halogens is 2. The Morgan fingerprint density at radius 2 is 1.46 bits per heavy atom. The number of hydrogen-bond acceptors (Lipinski definition) is 1. The molecule has 0 bridgehead atoms. The number of pyridine rings is 1. The molecule has 2 rings (SSSR count). The number of hydrogen-bond donors (Lipinski definition) is 0. The van der Waals surface area contributed by atoms with Gasteiger partial charge in [0.1, 0.15) is 0 Å². The number of fused-ring (bicyclic) bond motifs is 1. The van der Waals surface area contributed by atoms with Gasteiger partial charge in [-0.2, -0.15) is 0 Å². The van der Waals surface area contributed by atoms with Gasteiger partial charge in [-0.15, -0.1) is 0 Å². The van der Waals surface area contributed by atoms with E-state index in [-0.39, 0.29) is 57.0 Å². The molecule has 0 radical (unpaired) electrons. The molecule has 0 aliphatic carbocycles. The summed E-state index contributed by atoms with van der Waals surface area (Å²) in [5, 5.41) is 1.20. The Morgan fingerprint density at radius 1 is 0.846 bits per heavy atom. The predicted octanol–water partition coefficient (Wildman–Crippen LogP) is -4.14. The van der Waals surface area contributed by atoms with Crippen LogP contribution >= 0.6 is 0 Å². The zero-order chi connectivity index (χ0) is 6.81. The van der Waals surface area contributed by atoms with E-state index < -0.39 is 0 Å². The van der Waals surface area contributed by atoms with E-state index in [1.807, 2.05) is 30.5 Å². The van der Waals surface area contributed by atoms with Gasteiger partial charge in [-0.05, 0) is 12.1 Å². The van der Waals surface area contributed by atoms with Crippen LogP contribution in [-0.4, -0.2) is 28.0 Å². The minimum atomic E-state index is 0. The van der Waals surface area contributed by atoms with Crippen LogP contribution in [0.3, 0.4) is 0 Å². The van der Waals surface area contributed by atoms with E-state index in [0.29, 0.717) is 0 Å². The molecule has 1 aromatic heterocycles. The van der Waals surface area contributed by atoms with Crippen molar-refractivity contribution in [3.63, 3.8) is 0 Å². The normalized spacial score (nSPS) is 7.69. The zero-order valence-corrected chi connectivity index (χ0v) is 11.5. The van der Waals surface area contributed by atoms with Crippen molar-refractivity contribution >= 4 is 34.0 Å². The molecule has 4 heteroatoms. The average Bonchev–Trinajstić information content (AvgIpc) is 2.05. The SMILES string of the molecule is [Br-].[Br-].[Mg+2].c1ccc2ncccc2c1. The van der Waals surface area contributed by atoms with E-state index in [0.717, 1.165) is 5.52 Å². The molecule has 0 amide bonds. The number of aromatic nitrogens is 1. The van der Waals surface area contributed by atoms with Crippen LogP contribution < -0.4 is 34.0 Å². The molecule has 13 heavy (non-hydrogen) atoms. The van der Waals surface area contributed by atoms with Crippen molar-refractivity contribution in [3.8, 4) is 0 Å². The molecular weight excluding hydrogens is 306 g/mol. The van der Waals surface area contributed by atoms with Crippen molar-refractivity contribution < 1.29 is 34.0 Å². The summed E-state index contributed by atoms with van der Waals surface area (Å²) in [5.74, 6) is 0. The maximum atomic E-state index is 4.18. The van der Waals surface area contributed by atoms with Crippen LogP contribution in [0.1, 0.15) is 0 Å². The van der Waals surface area contributed by atoms with E-state index in [1.165, 1.54) is 5.39 Å². The molecule has 1 nitrogen and oxygen atoms in total. The first kappa shape index (κ1) is 15.8. The van der Waals surface area contributed by atoms with Crippen molar-refractivity contribution in [3.05, 3.63) is 42.6 Å². The van der Waals surface area contributed by atoms with Gasteiger partial charge >= 0.3 is 23.1 Å². The van der Waals surface area contributed by atoms with Gasteiger partial charge in [-0.1, -0.05) is 24.3 Å². The Hall–Kier alpha value is 0.356. The van der Waals surface area contributed by atoms with Gasteiger partial charge in [-0.3, -0.25) is 4.98 Å². The fraction of sp³-hybridized carbons (Fsp3) is 0. The summed E-state index contributed by atoms with van der Waals surface area (Å²) in [6.45, 7) is 0. The third kappa shape index (κ3) is 3.93. The summed E-state index contributed by atoms with van der Waals surface area (Å²) in [6, 6.07) is 12.1. The van der Waals surface area contributed by atoms with Crippen LogP contribution in [0.25, 0.3) is 10.9 Å². The largest absolute Gasteiger partial charge is 2.00 e. The first-order valence-electron chi connectivity index (χ1n) is 3.26. The first-order chi connectivity index (χ1) is 4.97. The first-order valence-corrected chi connectivity index (χ1v) is 3.26.